The van der Waals surface area contributed by atoms with Crippen LogP contribution in [-0.2, 0) is 17.1 Å². The fourth-order valence-corrected chi connectivity index (χ4v) is 4.56. The van der Waals surface area contributed by atoms with E-state index >= 15 is 0 Å². The molecule has 3 aromatic rings. The molecule has 1 aliphatic carbocycles. The van der Waals surface area contributed by atoms with Crippen LogP contribution in [0, 0.1) is 0 Å². The first-order valence-electron chi connectivity index (χ1n) is 10.2. The molecule has 1 N–H and O–H groups in total. The van der Waals surface area contributed by atoms with Crippen molar-refractivity contribution < 1.29 is 4.79 Å². The predicted octanol–water partition coefficient (Wildman–Crippen LogP) is 4.61. The van der Waals surface area contributed by atoms with E-state index in [4.69, 9.17) is 5.10 Å². The molecule has 6 heteroatoms. The van der Waals surface area contributed by atoms with Crippen molar-refractivity contribution in [2.45, 2.75) is 44.0 Å². The number of pyridine rings is 1. The second-order valence-corrected chi connectivity index (χ2v) is 8.36. The summed E-state index contributed by atoms with van der Waals surface area (Å²) < 4.78 is 2.13. The summed E-state index contributed by atoms with van der Waals surface area (Å²) in [4.78, 5) is 16.8. The summed E-state index contributed by atoms with van der Waals surface area (Å²) in [6.07, 6.45) is 6.62. The number of carbonyl (C=O) groups is 1. The Balaban J connectivity index is 1.36. The average molecular weight is 407 g/mol. The molecule has 150 valence electrons. The molecule has 0 spiro atoms. The highest BCUT2D eigenvalue weighted by molar-refractivity contribution is 7.99. The molecule has 5 nitrogen and oxygen atoms in total. The Labute approximate surface area is 175 Å². The fraction of sp³-hybridized carbons (Fsp3) is 0.348. The Kier molecular flexibility index (Phi) is 6.62. The Hall–Kier alpha value is -2.60. The van der Waals surface area contributed by atoms with Crippen LogP contribution in [0.2, 0.25) is 0 Å². The van der Waals surface area contributed by atoms with E-state index in [-0.39, 0.29) is 5.91 Å². The van der Waals surface area contributed by atoms with Crippen molar-refractivity contribution in [2.75, 3.05) is 5.75 Å². The fourth-order valence-electron chi connectivity index (χ4n) is 3.74. The minimum absolute atomic E-state index is 0.0423. The second kappa shape index (κ2) is 9.74. The van der Waals surface area contributed by atoms with Crippen molar-refractivity contribution in [2.24, 2.45) is 0 Å². The van der Waals surface area contributed by atoms with Gasteiger partial charge in [0.15, 0.2) is 0 Å². The molecule has 1 aromatic carbocycles. The van der Waals surface area contributed by atoms with E-state index < -0.39 is 0 Å². The number of hydrogen-bond acceptors (Lipinski definition) is 4. The van der Waals surface area contributed by atoms with Gasteiger partial charge in [-0.05, 0) is 36.6 Å². The van der Waals surface area contributed by atoms with E-state index in [2.05, 4.69) is 33.2 Å². The van der Waals surface area contributed by atoms with Gasteiger partial charge in [0.1, 0.15) is 0 Å². The van der Waals surface area contributed by atoms with Crippen LogP contribution < -0.4 is 5.32 Å². The van der Waals surface area contributed by atoms with Crippen LogP contribution in [0.25, 0.3) is 11.4 Å². The molecule has 0 radical (unpaired) electrons. The van der Waals surface area contributed by atoms with Crippen LogP contribution in [0.3, 0.4) is 0 Å². The first-order chi connectivity index (χ1) is 14.3. The van der Waals surface area contributed by atoms with E-state index in [0.29, 0.717) is 18.3 Å². The zero-order valence-electron chi connectivity index (χ0n) is 16.5. The zero-order valence-corrected chi connectivity index (χ0v) is 17.3. The average Bonchev–Trinajstić information content (AvgIpc) is 3.43. The Bertz CT molecular complexity index is 921. The lowest BCUT2D eigenvalue weighted by molar-refractivity contribution is -0.118. The molecule has 1 saturated carbocycles. The summed E-state index contributed by atoms with van der Waals surface area (Å²) >= 11 is 1.63. The second-order valence-electron chi connectivity index (χ2n) is 7.37. The number of aromatic nitrogens is 3. The maximum atomic E-state index is 12.2. The molecule has 2 aromatic heterocycles. The molecule has 1 aliphatic rings. The lowest BCUT2D eigenvalue weighted by Crippen LogP contribution is -2.25. The van der Waals surface area contributed by atoms with E-state index in [1.54, 1.807) is 11.8 Å². The zero-order chi connectivity index (χ0) is 19.9. The van der Waals surface area contributed by atoms with Gasteiger partial charge < -0.3 is 5.32 Å². The molecule has 1 amide bonds. The summed E-state index contributed by atoms with van der Waals surface area (Å²) in [5.74, 6) is 1.33. The van der Waals surface area contributed by atoms with Crippen LogP contribution in [0.5, 0.6) is 0 Å². The number of nitrogens with one attached hydrogen (secondary N) is 1. The molecular weight excluding hydrogens is 380 g/mol. The van der Waals surface area contributed by atoms with Gasteiger partial charge in [-0.3, -0.25) is 14.5 Å². The molecule has 0 aliphatic heterocycles. The van der Waals surface area contributed by atoms with Crippen molar-refractivity contribution >= 4 is 17.7 Å². The van der Waals surface area contributed by atoms with Gasteiger partial charge in [-0.1, -0.05) is 49.2 Å². The first-order valence-corrected chi connectivity index (χ1v) is 11.3. The molecular formula is C23H26N4OS. The van der Waals surface area contributed by atoms with E-state index in [1.807, 2.05) is 42.6 Å². The van der Waals surface area contributed by atoms with Gasteiger partial charge in [0.05, 0.1) is 35.4 Å². The Morgan fingerprint density at radius 1 is 1.10 bits per heavy atom. The summed E-state index contributed by atoms with van der Waals surface area (Å²) in [6, 6.07) is 18.7. The minimum Gasteiger partial charge on any atom is -0.350 e. The van der Waals surface area contributed by atoms with Crippen LogP contribution in [0.4, 0.5) is 0 Å². The maximum Gasteiger partial charge on any atom is 0.230 e. The summed E-state index contributed by atoms with van der Waals surface area (Å²) in [7, 11) is 0. The summed E-state index contributed by atoms with van der Waals surface area (Å²) in [5, 5.41) is 7.84. The lowest BCUT2D eigenvalue weighted by Gasteiger charge is -2.13. The van der Waals surface area contributed by atoms with E-state index in [1.165, 1.54) is 18.4 Å². The van der Waals surface area contributed by atoms with Gasteiger partial charge >= 0.3 is 0 Å². The maximum absolute atomic E-state index is 12.2. The van der Waals surface area contributed by atoms with Gasteiger partial charge in [-0.15, -0.1) is 11.8 Å². The molecule has 29 heavy (non-hydrogen) atoms. The number of benzene rings is 1. The van der Waals surface area contributed by atoms with Gasteiger partial charge in [0.2, 0.25) is 5.91 Å². The molecule has 0 unspecified atom stereocenters. The molecule has 0 atom stereocenters. The van der Waals surface area contributed by atoms with Crippen LogP contribution in [0.15, 0.2) is 60.8 Å². The standard InChI is InChI=1S/C23H26N4OS/c28-23(17-29-16-18-8-2-1-3-9-18)25-15-19-14-22(21-12-6-7-13-24-21)27(26-19)20-10-4-5-11-20/h1-3,6-9,12-14,20H,4-5,10-11,15-17H2,(H,25,28). The van der Waals surface area contributed by atoms with Crippen molar-refractivity contribution in [3.63, 3.8) is 0 Å². The van der Waals surface area contributed by atoms with E-state index in [9.17, 15) is 4.79 Å². The Morgan fingerprint density at radius 3 is 2.66 bits per heavy atom. The van der Waals surface area contributed by atoms with E-state index in [0.717, 1.165) is 35.7 Å². The molecule has 4 rings (SSSR count). The number of carbonyl (C=O) groups excluding carboxylic acids is 1. The first kappa shape index (κ1) is 19.7. The molecule has 0 bridgehead atoms. The highest BCUT2D eigenvalue weighted by Crippen LogP contribution is 2.33. The molecule has 2 heterocycles. The third-order valence-corrected chi connectivity index (χ3v) is 6.20. The topological polar surface area (TPSA) is 59.8 Å². The quantitative estimate of drug-likeness (QED) is 0.593. The number of nitrogens with zero attached hydrogens (tertiary/aromatic N) is 3. The minimum atomic E-state index is 0.0423. The highest BCUT2D eigenvalue weighted by atomic mass is 32.2. The third kappa shape index (κ3) is 5.26. The van der Waals surface area contributed by atoms with Crippen molar-refractivity contribution in [3.8, 4) is 11.4 Å². The van der Waals surface area contributed by atoms with Gasteiger partial charge in [-0.2, -0.15) is 5.10 Å². The van der Waals surface area contributed by atoms with Crippen molar-refractivity contribution in [1.82, 2.24) is 20.1 Å². The molecule has 1 fully saturated rings. The molecule has 0 saturated heterocycles. The smallest absolute Gasteiger partial charge is 0.230 e. The van der Waals surface area contributed by atoms with Crippen molar-refractivity contribution in [3.05, 3.63) is 72.1 Å². The largest absolute Gasteiger partial charge is 0.350 e. The third-order valence-electron chi connectivity index (χ3n) is 5.20. The SMILES string of the molecule is O=C(CSCc1ccccc1)NCc1cc(-c2ccccn2)n(C2CCCC2)n1. The van der Waals surface area contributed by atoms with Crippen LogP contribution in [-0.4, -0.2) is 26.4 Å². The van der Waals surface area contributed by atoms with Gasteiger partial charge in [0, 0.05) is 11.9 Å². The van der Waals surface area contributed by atoms with Crippen LogP contribution in [0.1, 0.15) is 43.0 Å². The number of amides is 1. The van der Waals surface area contributed by atoms with Crippen LogP contribution >= 0.6 is 11.8 Å². The normalized spacial score (nSPS) is 14.2. The van der Waals surface area contributed by atoms with Crippen molar-refractivity contribution in [1.29, 1.82) is 0 Å². The van der Waals surface area contributed by atoms with Gasteiger partial charge in [0.25, 0.3) is 0 Å². The monoisotopic (exact) mass is 406 g/mol. The number of thioether (sulfide) groups is 1. The summed E-state index contributed by atoms with van der Waals surface area (Å²) in [6.45, 7) is 0.449. The number of rotatable bonds is 8. The summed E-state index contributed by atoms with van der Waals surface area (Å²) in [5.41, 5.74) is 4.10. The highest BCUT2D eigenvalue weighted by Gasteiger charge is 2.22. The predicted molar refractivity (Wildman–Crippen MR) is 117 cm³/mol. The van der Waals surface area contributed by atoms with Gasteiger partial charge in [-0.25, -0.2) is 0 Å². The lowest BCUT2D eigenvalue weighted by atomic mass is 10.2. The Morgan fingerprint density at radius 2 is 1.90 bits per heavy atom. The number of hydrogen-bond donors (Lipinski definition) is 1.